The molecule has 24 heavy (non-hydrogen) atoms. The molecule has 1 heteroatoms. The SMILES string of the molecule is CCCC1CCC(c2cc(O)ccc2C#Cc2ccccc2)CC1. The predicted molar refractivity (Wildman–Crippen MR) is 100 cm³/mol. The Bertz CT molecular complexity index is 713. The second-order valence-electron chi connectivity index (χ2n) is 6.89. The molecule has 0 atom stereocenters. The first kappa shape index (κ1) is 16.7. The second kappa shape index (κ2) is 8.06. The third-order valence-corrected chi connectivity index (χ3v) is 5.13. The fourth-order valence-corrected chi connectivity index (χ4v) is 3.83. The van der Waals surface area contributed by atoms with Crippen LogP contribution in [0.5, 0.6) is 5.75 Å². The van der Waals surface area contributed by atoms with Crippen molar-refractivity contribution in [3.8, 4) is 17.6 Å². The van der Waals surface area contributed by atoms with Crippen LogP contribution in [-0.2, 0) is 0 Å². The molecule has 1 N–H and O–H groups in total. The summed E-state index contributed by atoms with van der Waals surface area (Å²) in [4.78, 5) is 0. The van der Waals surface area contributed by atoms with E-state index in [4.69, 9.17) is 0 Å². The van der Waals surface area contributed by atoms with Gasteiger partial charge in [-0.25, -0.2) is 0 Å². The topological polar surface area (TPSA) is 20.2 Å². The predicted octanol–water partition coefficient (Wildman–Crippen LogP) is 5.87. The molecular weight excluding hydrogens is 292 g/mol. The summed E-state index contributed by atoms with van der Waals surface area (Å²) < 4.78 is 0. The van der Waals surface area contributed by atoms with Crippen LogP contribution >= 0.6 is 0 Å². The first-order valence-electron chi connectivity index (χ1n) is 9.16. The molecule has 3 rings (SSSR count). The molecule has 0 unspecified atom stereocenters. The molecule has 2 aromatic rings. The van der Waals surface area contributed by atoms with Crippen LogP contribution in [0.1, 0.15) is 68.1 Å². The Kier molecular flexibility index (Phi) is 5.59. The van der Waals surface area contributed by atoms with Crippen molar-refractivity contribution in [2.75, 3.05) is 0 Å². The molecule has 2 aromatic carbocycles. The van der Waals surface area contributed by atoms with Crippen molar-refractivity contribution in [3.63, 3.8) is 0 Å². The van der Waals surface area contributed by atoms with E-state index in [1.807, 2.05) is 42.5 Å². The van der Waals surface area contributed by atoms with Crippen LogP contribution in [0.15, 0.2) is 48.5 Å². The van der Waals surface area contributed by atoms with Gasteiger partial charge in [-0.3, -0.25) is 0 Å². The number of hydrogen-bond acceptors (Lipinski definition) is 1. The third-order valence-electron chi connectivity index (χ3n) is 5.13. The Balaban J connectivity index is 1.81. The average Bonchev–Trinajstić information content (AvgIpc) is 2.62. The number of rotatable bonds is 3. The Labute approximate surface area is 145 Å². The van der Waals surface area contributed by atoms with Gasteiger partial charge in [0, 0.05) is 11.1 Å². The minimum absolute atomic E-state index is 0.353. The van der Waals surface area contributed by atoms with Gasteiger partial charge in [0.1, 0.15) is 5.75 Å². The van der Waals surface area contributed by atoms with Crippen LogP contribution in [0.3, 0.4) is 0 Å². The van der Waals surface area contributed by atoms with Crippen molar-refractivity contribution in [2.24, 2.45) is 5.92 Å². The highest BCUT2D eigenvalue weighted by Crippen LogP contribution is 2.39. The summed E-state index contributed by atoms with van der Waals surface area (Å²) in [5.41, 5.74) is 3.33. The van der Waals surface area contributed by atoms with Crippen molar-refractivity contribution in [3.05, 3.63) is 65.2 Å². The Hall–Kier alpha value is -2.20. The maximum absolute atomic E-state index is 9.94. The van der Waals surface area contributed by atoms with E-state index in [1.165, 1.54) is 44.1 Å². The third kappa shape index (κ3) is 4.20. The van der Waals surface area contributed by atoms with E-state index in [1.54, 1.807) is 6.07 Å². The van der Waals surface area contributed by atoms with Crippen LogP contribution < -0.4 is 0 Å². The molecule has 0 aliphatic heterocycles. The molecule has 1 fully saturated rings. The minimum Gasteiger partial charge on any atom is -0.508 e. The molecule has 1 aliphatic carbocycles. The first-order chi connectivity index (χ1) is 11.8. The van der Waals surface area contributed by atoms with Crippen molar-refractivity contribution in [1.82, 2.24) is 0 Å². The smallest absolute Gasteiger partial charge is 0.115 e. The standard InChI is InChI=1S/C23H26O/c1-2-6-18-9-12-20(13-10-18)23-17-22(24)16-15-21(23)14-11-19-7-4-3-5-8-19/h3-5,7-8,15-18,20,24H,2,6,9-10,12-13H2,1H3. The number of phenols is 1. The van der Waals surface area contributed by atoms with E-state index in [9.17, 15) is 5.11 Å². The maximum Gasteiger partial charge on any atom is 0.115 e. The molecule has 124 valence electrons. The Morgan fingerprint density at radius 1 is 0.958 bits per heavy atom. The summed E-state index contributed by atoms with van der Waals surface area (Å²) >= 11 is 0. The Morgan fingerprint density at radius 3 is 2.42 bits per heavy atom. The molecule has 0 bridgehead atoms. The van der Waals surface area contributed by atoms with Gasteiger partial charge in [-0.2, -0.15) is 0 Å². The van der Waals surface area contributed by atoms with Gasteiger partial charge in [-0.1, -0.05) is 49.8 Å². The van der Waals surface area contributed by atoms with Crippen LogP contribution in [0.2, 0.25) is 0 Å². The van der Waals surface area contributed by atoms with Gasteiger partial charge in [-0.15, -0.1) is 0 Å². The quantitative estimate of drug-likeness (QED) is 0.702. The highest BCUT2D eigenvalue weighted by Gasteiger charge is 2.23. The summed E-state index contributed by atoms with van der Waals surface area (Å²) in [6, 6.07) is 15.7. The van der Waals surface area contributed by atoms with E-state index in [0.29, 0.717) is 11.7 Å². The average molecular weight is 318 g/mol. The van der Waals surface area contributed by atoms with Gasteiger partial charge in [0.15, 0.2) is 0 Å². The molecule has 0 heterocycles. The molecule has 1 aliphatic rings. The lowest BCUT2D eigenvalue weighted by Crippen LogP contribution is -2.14. The number of phenolic OH excluding ortho intramolecular Hbond substituents is 1. The highest BCUT2D eigenvalue weighted by molar-refractivity contribution is 5.50. The number of hydrogen-bond donors (Lipinski definition) is 1. The molecule has 0 aromatic heterocycles. The lowest BCUT2D eigenvalue weighted by Gasteiger charge is -2.29. The summed E-state index contributed by atoms with van der Waals surface area (Å²) in [7, 11) is 0. The molecule has 1 nitrogen and oxygen atoms in total. The van der Waals surface area contributed by atoms with Crippen LogP contribution in [-0.4, -0.2) is 5.11 Å². The summed E-state index contributed by atoms with van der Waals surface area (Å²) in [5, 5.41) is 9.94. The monoisotopic (exact) mass is 318 g/mol. The largest absolute Gasteiger partial charge is 0.508 e. The van der Waals surface area contributed by atoms with Crippen molar-refractivity contribution in [1.29, 1.82) is 0 Å². The van der Waals surface area contributed by atoms with Gasteiger partial charge in [0.2, 0.25) is 0 Å². The zero-order chi connectivity index (χ0) is 16.8. The summed E-state index contributed by atoms with van der Waals surface area (Å²) in [5.74, 6) is 8.36. The van der Waals surface area contributed by atoms with Gasteiger partial charge in [0.05, 0.1) is 0 Å². The Morgan fingerprint density at radius 2 is 1.71 bits per heavy atom. The molecule has 1 saturated carbocycles. The van der Waals surface area contributed by atoms with Gasteiger partial charge < -0.3 is 5.11 Å². The van der Waals surface area contributed by atoms with Gasteiger partial charge >= 0.3 is 0 Å². The normalized spacial score (nSPS) is 20.2. The van der Waals surface area contributed by atoms with Crippen LogP contribution in [0.25, 0.3) is 0 Å². The molecule has 0 radical (unpaired) electrons. The van der Waals surface area contributed by atoms with E-state index < -0.39 is 0 Å². The second-order valence-corrected chi connectivity index (χ2v) is 6.89. The maximum atomic E-state index is 9.94. The fourth-order valence-electron chi connectivity index (χ4n) is 3.83. The van der Waals surface area contributed by atoms with E-state index in [0.717, 1.165) is 17.0 Å². The van der Waals surface area contributed by atoms with E-state index >= 15 is 0 Å². The van der Waals surface area contributed by atoms with Crippen LogP contribution in [0, 0.1) is 17.8 Å². The highest BCUT2D eigenvalue weighted by atomic mass is 16.3. The van der Waals surface area contributed by atoms with Gasteiger partial charge in [0.25, 0.3) is 0 Å². The lowest BCUT2D eigenvalue weighted by molar-refractivity contribution is 0.307. The van der Waals surface area contributed by atoms with E-state index in [-0.39, 0.29) is 0 Å². The molecule has 0 spiro atoms. The van der Waals surface area contributed by atoms with Crippen molar-refractivity contribution in [2.45, 2.75) is 51.4 Å². The fraction of sp³-hybridized carbons (Fsp3) is 0.391. The number of aromatic hydroxyl groups is 1. The van der Waals surface area contributed by atoms with Crippen LogP contribution in [0.4, 0.5) is 0 Å². The lowest BCUT2D eigenvalue weighted by atomic mass is 9.76. The molecular formula is C23H26O. The first-order valence-corrected chi connectivity index (χ1v) is 9.16. The van der Waals surface area contributed by atoms with E-state index in [2.05, 4.69) is 18.8 Å². The minimum atomic E-state index is 0.353. The van der Waals surface area contributed by atoms with Gasteiger partial charge in [-0.05, 0) is 73.4 Å². The molecule has 0 saturated heterocycles. The zero-order valence-corrected chi connectivity index (χ0v) is 14.5. The molecule has 0 amide bonds. The number of benzene rings is 2. The van der Waals surface area contributed by atoms with Crippen molar-refractivity contribution < 1.29 is 5.11 Å². The van der Waals surface area contributed by atoms with Crippen molar-refractivity contribution >= 4 is 0 Å². The summed E-state index contributed by atoms with van der Waals surface area (Å²) in [6.07, 6.45) is 7.68. The zero-order valence-electron chi connectivity index (χ0n) is 14.5. The summed E-state index contributed by atoms with van der Waals surface area (Å²) in [6.45, 7) is 2.28.